The molecule has 0 atom stereocenters. The van der Waals surface area contributed by atoms with Crippen LogP contribution < -0.4 is 9.47 Å². The molecule has 4 N–H and O–H groups in total. The fraction of sp³-hybridized carbons (Fsp3) is 0.400. The van der Waals surface area contributed by atoms with Gasteiger partial charge in [0.1, 0.15) is 13.2 Å². The highest BCUT2D eigenvalue weighted by Crippen LogP contribution is 2.43. The van der Waals surface area contributed by atoms with Crippen LogP contribution in [-0.4, -0.2) is 46.9 Å². The van der Waals surface area contributed by atoms with Gasteiger partial charge in [-0.25, -0.2) is 0 Å². The molecule has 0 aliphatic carbocycles. The van der Waals surface area contributed by atoms with Crippen LogP contribution in [-0.2, 0) is 0 Å². The van der Waals surface area contributed by atoms with Crippen molar-refractivity contribution in [3.63, 3.8) is 0 Å². The maximum atomic E-state index is 9.48. The van der Waals surface area contributed by atoms with Gasteiger partial charge in [0.2, 0.25) is 11.5 Å². The number of aliphatic hydroxyl groups excluding tert-OH is 2. The zero-order chi connectivity index (χ0) is 12.0. The second-order valence-electron chi connectivity index (χ2n) is 2.91. The number of benzene rings is 1. The van der Waals surface area contributed by atoms with Crippen LogP contribution in [0, 0.1) is 0 Å². The van der Waals surface area contributed by atoms with Crippen molar-refractivity contribution < 1.29 is 29.9 Å². The number of phenolic OH excluding ortho intramolecular Hbond substituents is 2. The maximum absolute atomic E-state index is 9.48. The lowest BCUT2D eigenvalue weighted by Crippen LogP contribution is -2.06. The van der Waals surface area contributed by atoms with Crippen molar-refractivity contribution in [1.29, 1.82) is 0 Å². The topological polar surface area (TPSA) is 99.4 Å². The number of ether oxygens (including phenoxy) is 2. The van der Waals surface area contributed by atoms with E-state index in [2.05, 4.69) is 0 Å². The predicted octanol–water partition coefficient (Wildman–Crippen LogP) is -0.160. The third-order valence-corrected chi connectivity index (χ3v) is 1.75. The van der Waals surface area contributed by atoms with Crippen molar-refractivity contribution in [2.45, 2.75) is 0 Å². The highest BCUT2D eigenvalue weighted by molar-refractivity contribution is 5.57. The number of hydrogen-bond donors (Lipinski definition) is 4. The van der Waals surface area contributed by atoms with Gasteiger partial charge in [0, 0.05) is 0 Å². The lowest BCUT2D eigenvalue weighted by atomic mass is 10.2. The third-order valence-electron chi connectivity index (χ3n) is 1.75. The minimum Gasteiger partial charge on any atom is -0.504 e. The fourth-order valence-corrected chi connectivity index (χ4v) is 1.12. The number of aromatic hydroxyl groups is 2. The van der Waals surface area contributed by atoms with Gasteiger partial charge in [-0.1, -0.05) is 0 Å². The zero-order valence-electron chi connectivity index (χ0n) is 8.59. The molecule has 1 aromatic rings. The van der Waals surface area contributed by atoms with E-state index in [-0.39, 0.29) is 49.4 Å². The molecule has 0 heterocycles. The average Bonchev–Trinajstić information content (AvgIpc) is 2.29. The second-order valence-corrected chi connectivity index (χ2v) is 2.91. The first-order valence-electron chi connectivity index (χ1n) is 4.73. The second kappa shape index (κ2) is 6.04. The first-order chi connectivity index (χ1) is 7.70. The van der Waals surface area contributed by atoms with Gasteiger partial charge in [-0.3, -0.25) is 0 Å². The lowest BCUT2D eigenvalue weighted by Gasteiger charge is -2.14. The molecule has 0 spiro atoms. The van der Waals surface area contributed by atoms with Gasteiger partial charge in [-0.15, -0.1) is 0 Å². The summed E-state index contributed by atoms with van der Waals surface area (Å²) in [6.45, 7) is -0.526. The molecule has 0 fully saturated rings. The molecule has 6 nitrogen and oxygen atoms in total. The summed E-state index contributed by atoms with van der Waals surface area (Å²) in [7, 11) is 0. The molecule has 0 aromatic heterocycles. The summed E-state index contributed by atoms with van der Waals surface area (Å²) in [5.74, 6) is -0.525. The van der Waals surface area contributed by atoms with Crippen LogP contribution in [0.3, 0.4) is 0 Å². The summed E-state index contributed by atoms with van der Waals surface area (Å²) in [5, 5.41) is 36.2. The molecule has 0 aliphatic rings. The van der Waals surface area contributed by atoms with Crippen molar-refractivity contribution in [3.8, 4) is 23.0 Å². The van der Waals surface area contributed by atoms with Gasteiger partial charge < -0.3 is 29.9 Å². The Kier molecular flexibility index (Phi) is 4.68. The predicted molar refractivity (Wildman–Crippen MR) is 54.9 cm³/mol. The Morgan fingerprint density at radius 2 is 1.19 bits per heavy atom. The molecule has 6 heteroatoms. The van der Waals surface area contributed by atoms with Gasteiger partial charge in [-0.2, -0.15) is 0 Å². The Morgan fingerprint density at radius 1 is 0.812 bits per heavy atom. The summed E-state index contributed by atoms with van der Waals surface area (Å²) >= 11 is 0. The molecule has 1 aromatic carbocycles. The number of hydrogen-bond acceptors (Lipinski definition) is 6. The molecule has 0 saturated heterocycles. The summed E-state index contributed by atoms with van der Waals surface area (Å²) in [6.07, 6.45) is 0. The molecular formula is C10H14O6. The van der Waals surface area contributed by atoms with E-state index in [9.17, 15) is 10.2 Å². The molecule has 0 bridgehead atoms. The van der Waals surface area contributed by atoms with E-state index in [1.165, 1.54) is 12.1 Å². The fourth-order valence-electron chi connectivity index (χ4n) is 1.12. The quantitative estimate of drug-likeness (QED) is 0.507. The highest BCUT2D eigenvalue weighted by Gasteiger charge is 2.15. The van der Waals surface area contributed by atoms with Crippen LogP contribution in [0.4, 0.5) is 0 Å². The van der Waals surface area contributed by atoms with Crippen molar-refractivity contribution >= 4 is 0 Å². The summed E-state index contributed by atoms with van der Waals surface area (Å²) in [5.41, 5.74) is 0. The van der Waals surface area contributed by atoms with Crippen LogP contribution in [0.1, 0.15) is 0 Å². The Balaban J connectivity index is 2.94. The van der Waals surface area contributed by atoms with Crippen LogP contribution in [0.15, 0.2) is 12.1 Å². The van der Waals surface area contributed by atoms with E-state index >= 15 is 0 Å². The van der Waals surface area contributed by atoms with Crippen molar-refractivity contribution in [3.05, 3.63) is 12.1 Å². The maximum Gasteiger partial charge on any atom is 0.207 e. The highest BCUT2D eigenvalue weighted by atomic mass is 16.5. The molecule has 0 saturated carbocycles. The summed E-state index contributed by atoms with van der Waals surface area (Å²) in [6, 6.07) is 2.49. The Labute approximate surface area is 92.3 Å². The molecular weight excluding hydrogens is 216 g/mol. The van der Waals surface area contributed by atoms with Crippen molar-refractivity contribution in [2.75, 3.05) is 26.4 Å². The molecule has 0 unspecified atom stereocenters. The van der Waals surface area contributed by atoms with E-state index in [0.717, 1.165) is 0 Å². The zero-order valence-corrected chi connectivity index (χ0v) is 8.59. The van der Waals surface area contributed by atoms with Crippen LogP contribution in [0.5, 0.6) is 23.0 Å². The van der Waals surface area contributed by atoms with Crippen molar-refractivity contribution in [1.82, 2.24) is 0 Å². The molecule has 16 heavy (non-hydrogen) atoms. The minimum absolute atomic E-state index is 0.0352. The third kappa shape index (κ3) is 2.91. The Hall–Kier alpha value is -1.66. The van der Waals surface area contributed by atoms with E-state index in [4.69, 9.17) is 19.7 Å². The van der Waals surface area contributed by atoms with Crippen molar-refractivity contribution in [2.24, 2.45) is 0 Å². The summed E-state index contributed by atoms with van der Waals surface area (Å²) < 4.78 is 10.1. The van der Waals surface area contributed by atoms with Crippen LogP contribution >= 0.6 is 0 Å². The largest absolute Gasteiger partial charge is 0.504 e. The lowest BCUT2D eigenvalue weighted by molar-refractivity contribution is 0.171. The van der Waals surface area contributed by atoms with Gasteiger partial charge in [0.05, 0.1) is 13.2 Å². The summed E-state index contributed by atoms with van der Waals surface area (Å²) in [4.78, 5) is 0. The first-order valence-corrected chi connectivity index (χ1v) is 4.73. The molecule has 0 aliphatic heterocycles. The first kappa shape index (κ1) is 12.4. The molecule has 90 valence electrons. The Bertz CT molecular complexity index is 305. The van der Waals surface area contributed by atoms with Crippen LogP contribution in [0.2, 0.25) is 0 Å². The van der Waals surface area contributed by atoms with E-state index < -0.39 is 0 Å². The standard InChI is InChI=1S/C10H14O6/c11-3-5-15-9-7(13)1-2-8(14)10(9)16-6-4-12/h1-2,11-14H,3-6H2. The monoisotopic (exact) mass is 230 g/mol. The molecule has 0 amide bonds. The van der Waals surface area contributed by atoms with Gasteiger partial charge in [0.15, 0.2) is 11.5 Å². The SMILES string of the molecule is OCCOc1c(O)ccc(O)c1OCCO. The number of aliphatic hydroxyl groups is 2. The smallest absolute Gasteiger partial charge is 0.207 e. The van der Waals surface area contributed by atoms with Gasteiger partial charge >= 0.3 is 0 Å². The van der Waals surface area contributed by atoms with E-state index in [1.54, 1.807) is 0 Å². The van der Waals surface area contributed by atoms with E-state index in [1.807, 2.05) is 0 Å². The van der Waals surface area contributed by atoms with Gasteiger partial charge in [0.25, 0.3) is 0 Å². The average molecular weight is 230 g/mol. The van der Waals surface area contributed by atoms with Crippen LogP contribution in [0.25, 0.3) is 0 Å². The molecule has 0 radical (unpaired) electrons. The Morgan fingerprint density at radius 3 is 1.50 bits per heavy atom. The number of phenols is 2. The molecule has 1 rings (SSSR count). The van der Waals surface area contributed by atoms with E-state index in [0.29, 0.717) is 0 Å². The number of rotatable bonds is 6. The van der Waals surface area contributed by atoms with Gasteiger partial charge in [-0.05, 0) is 12.1 Å². The normalized spacial score (nSPS) is 10.1. The minimum atomic E-state index is -0.228.